The van der Waals surface area contributed by atoms with Gasteiger partial charge in [-0.25, -0.2) is 0 Å². The van der Waals surface area contributed by atoms with Crippen LogP contribution in [0.1, 0.15) is 25.0 Å². The molecule has 0 N–H and O–H groups in total. The maximum atomic E-state index is 2.44. The van der Waals surface area contributed by atoms with Crippen LogP contribution in [-0.2, 0) is 5.41 Å². The summed E-state index contributed by atoms with van der Waals surface area (Å²) in [6, 6.07) is 65.5. The van der Waals surface area contributed by atoms with Crippen molar-refractivity contribution >= 4 is 80.9 Å². The van der Waals surface area contributed by atoms with E-state index < -0.39 is 0 Å². The molecule has 0 spiro atoms. The summed E-state index contributed by atoms with van der Waals surface area (Å²) < 4.78 is 2.62. The second-order valence-electron chi connectivity index (χ2n) is 14.9. The van der Waals surface area contributed by atoms with Crippen molar-refractivity contribution in [2.24, 2.45) is 0 Å². The first-order chi connectivity index (χ1) is 26.0. The molecule has 53 heavy (non-hydrogen) atoms. The zero-order valence-corrected chi connectivity index (χ0v) is 30.4. The number of thiophene rings is 1. The average molecular weight is 694 g/mol. The predicted octanol–water partition coefficient (Wildman–Crippen LogP) is 15.0. The number of nitrogens with zero attached hydrogens (tertiary/aromatic N) is 1. The van der Waals surface area contributed by atoms with Gasteiger partial charge in [-0.05, 0) is 114 Å². The van der Waals surface area contributed by atoms with Gasteiger partial charge in [-0.3, -0.25) is 0 Å². The molecule has 0 saturated heterocycles. The highest BCUT2D eigenvalue weighted by Crippen LogP contribution is 2.51. The Kier molecular flexibility index (Phi) is 6.53. The van der Waals surface area contributed by atoms with Crippen LogP contribution in [-0.4, -0.2) is 0 Å². The van der Waals surface area contributed by atoms with E-state index in [0.717, 1.165) is 11.4 Å². The van der Waals surface area contributed by atoms with Gasteiger partial charge in [0.25, 0.3) is 0 Å². The molecule has 0 aliphatic heterocycles. The van der Waals surface area contributed by atoms with Gasteiger partial charge < -0.3 is 4.90 Å². The number of rotatable bonds is 4. The van der Waals surface area contributed by atoms with Crippen LogP contribution < -0.4 is 4.90 Å². The number of hydrogen-bond acceptors (Lipinski definition) is 2. The van der Waals surface area contributed by atoms with E-state index in [1.807, 2.05) is 11.3 Å². The number of benzene rings is 9. The van der Waals surface area contributed by atoms with Gasteiger partial charge in [-0.15, -0.1) is 11.3 Å². The Morgan fingerprint density at radius 2 is 0.962 bits per heavy atom. The summed E-state index contributed by atoms with van der Waals surface area (Å²) in [6.45, 7) is 4.72. The van der Waals surface area contributed by atoms with Crippen LogP contribution in [0.25, 0.3) is 74.7 Å². The van der Waals surface area contributed by atoms with Crippen LogP contribution in [0.4, 0.5) is 17.1 Å². The van der Waals surface area contributed by atoms with E-state index in [1.54, 1.807) is 0 Å². The maximum Gasteiger partial charge on any atom is 0.0476 e. The molecule has 0 radical (unpaired) electrons. The van der Waals surface area contributed by atoms with Crippen LogP contribution in [0.5, 0.6) is 0 Å². The molecule has 1 nitrogen and oxygen atoms in total. The lowest BCUT2D eigenvalue weighted by molar-refractivity contribution is 0.660. The molecule has 0 amide bonds. The van der Waals surface area contributed by atoms with Gasteiger partial charge in [0.2, 0.25) is 0 Å². The van der Waals surface area contributed by atoms with E-state index >= 15 is 0 Å². The molecule has 0 unspecified atom stereocenters. The summed E-state index contributed by atoms with van der Waals surface area (Å²) in [5.74, 6) is 0. The van der Waals surface area contributed by atoms with Gasteiger partial charge in [0.05, 0.1) is 0 Å². The van der Waals surface area contributed by atoms with Crippen molar-refractivity contribution in [2.75, 3.05) is 4.90 Å². The zero-order valence-electron chi connectivity index (χ0n) is 29.6. The third-order valence-corrected chi connectivity index (χ3v) is 12.8. The molecule has 10 aromatic rings. The number of anilines is 3. The molecule has 1 aliphatic carbocycles. The van der Waals surface area contributed by atoms with Crippen molar-refractivity contribution in [1.82, 2.24) is 0 Å². The normalized spacial score (nSPS) is 13.2. The first-order valence-electron chi connectivity index (χ1n) is 18.4. The highest BCUT2D eigenvalue weighted by atomic mass is 32.1. The van der Waals surface area contributed by atoms with Crippen molar-refractivity contribution < 1.29 is 0 Å². The quantitative estimate of drug-likeness (QED) is 0.166. The fourth-order valence-corrected chi connectivity index (χ4v) is 10.1. The lowest BCUT2D eigenvalue weighted by atomic mass is 9.82. The van der Waals surface area contributed by atoms with Gasteiger partial charge in [-0.2, -0.15) is 0 Å². The van der Waals surface area contributed by atoms with Crippen LogP contribution in [0.2, 0.25) is 0 Å². The minimum Gasteiger partial charge on any atom is -0.310 e. The molecule has 0 bridgehead atoms. The van der Waals surface area contributed by atoms with E-state index in [2.05, 4.69) is 195 Å². The molecule has 250 valence electrons. The minimum absolute atomic E-state index is 0.0839. The smallest absolute Gasteiger partial charge is 0.0476 e. The largest absolute Gasteiger partial charge is 0.310 e. The maximum absolute atomic E-state index is 2.44. The van der Waals surface area contributed by atoms with Gasteiger partial charge in [-0.1, -0.05) is 141 Å². The first-order valence-corrected chi connectivity index (χ1v) is 19.2. The first kappa shape index (κ1) is 30.4. The van der Waals surface area contributed by atoms with Crippen molar-refractivity contribution in [3.8, 4) is 22.3 Å². The molecule has 0 fully saturated rings. The Bertz CT molecular complexity index is 3090. The van der Waals surface area contributed by atoms with E-state index in [0.29, 0.717) is 0 Å². The van der Waals surface area contributed by atoms with Crippen LogP contribution >= 0.6 is 11.3 Å². The molecule has 1 aromatic heterocycles. The highest BCUT2D eigenvalue weighted by Gasteiger charge is 2.35. The SMILES string of the molecule is CC1(C)c2ccccc2-c2ccc(N(c3ccc(-c4ccc5ccc6c7ccccc7ccc6c5c4)cc3)c3ccc4c(c3)sc3ccccc34)cc21. The molecular formula is C51H35NS. The molecule has 0 saturated carbocycles. The van der Waals surface area contributed by atoms with Gasteiger partial charge in [0.15, 0.2) is 0 Å². The summed E-state index contributed by atoms with van der Waals surface area (Å²) in [4.78, 5) is 2.44. The zero-order chi connectivity index (χ0) is 35.3. The fourth-order valence-electron chi connectivity index (χ4n) is 8.93. The third-order valence-electron chi connectivity index (χ3n) is 11.6. The van der Waals surface area contributed by atoms with Gasteiger partial charge >= 0.3 is 0 Å². The lowest BCUT2D eigenvalue weighted by Crippen LogP contribution is -2.16. The van der Waals surface area contributed by atoms with Crippen molar-refractivity contribution in [2.45, 2.75) is 19.3 Å². The Labute approximate surface area is 313 Å². The second-order valence-corrected chi connectivity index (χ2v) is 16.0. The van der Waals surface area contributed by atoms with Gasteiger partial charge in [0, 0.05) is 42.6 Å². The van der Waals surface area contributed by atoms with Crippen molar-refractivity contribution in [3.63, 3.8) is 0 Å². The highest BCUT2D eigenvalue weighted by molar-refractivity contribution is 7.25. The molecule has 1 heterocycles. The lowest BCUT2D eigenvalue weighted by Gasteiger charge is -2.28. The summed E-state index contributed by atoms with van der Waals surface area (Å²) in [6.07, 6.45) is 0. The van der Waals surface area contributed by atoms with Crippen LogP contribution in [0, 0.1) is 0 Å². The minimum atomic E-state index is -0.0839. The average Bonchev–Trinajstić information content (AvgIpc) is 3.69. The van der Waals surface area contributed by atoms with E-state index in [4.69, 9.17) is 0 Å². The fraction of sp³-hybridized carbons (Fsp3) is 0.0588. The standard InChI is InChI=1S/C51H35NS/c1-51(2)47-13-7-5-11-42(47)43-27-23-37(30-48(43)51)52(38-24-28-45-44-12-6-8-14-49(44)53-50(45)31-38)36-21-17-32(18-22-36)35-16-15-34-20-25-40-39-10-4-3-9-33(39)19-26-41(40)46(34)29-35/h3-31H,1-2H3. The Balaban J connectivity index is 1.05. The monoisotopic (exact) mass is 693 g/mol. The number of hydrogen-bond donors (Lipinski definition) is 0. The van der Waals surface area contributed by atoms with Crippen LogP contribution in [0.3, 0.4) is 0 Å². The topological polar surface area (TPSA) is 3.24 Å². The predicted molar refractivity (Wildman–Crippen MR) is 230 cm³/mol. The molecule has 0 atom stereocenters. The Morgan fingerprint density at radius 1 is 0.377 bits per heavy atom. The summed E-state index contributed by atoms with van der Waals surface area (Å²) in [7, 11) is 0. The van der Waals surface area contributed by atoms with E-state index in [1.165, 1.54) is 91.6 Å². The summed E-state index contributed by atoms with van der Waals surface area (Å²) in [5.41, 5.74) is 11.3. The van der Waals surface area contributed by atoms with Crippen molar-refractivity contribution in [3.05, 3.63) is 187 Å². The van der Waals surface area contributed by atoms with Crippen LogP contribution in [0.15, 0.2) is 176 Å². The van der Waals surface area contributed by atoms with Gasteiger partial charge in [0.1, 0.15) is 0 Å². The molecule has 9 aromatic carbocycles. The molecule has 11 rings (SSSR count). The summed E-state index contributed by atoms with van der Waals surface area (Å²) >= 11 is 1.87. The molecule has 2 heteroatoms. The molecular weight excluding hydrogens is 659 g/mol. The Morgan fingerprint density at radius 3 is 1.83 bits per heavy atom. The van der Waals surface area contributed by atoms with E-state index in [-0.39, 0.29) is 5.41 Å². The number of fused-ring (bicyclic) bond motifs is 11. The second kappa shape index (κ2) is 11.4. The van der Waals surface area contributed by atoms with Crippen molar-refractivity contribution in [1.29, 1.82) is 0 Å². The summed E-state index contributed by atoms with van der Waals surface area (Å²) in [5, 5.41) is 10.4. The Hall–Kier alpha value is -6.22. The molecule has 1 aliphatic rings. The van der Waals surface area contributed by atoms with E-state index in [9.17, 15) is 0 Å². The third kappa shape index (κ3) is 4.62.